The van der Waals surface area contributed by atoms with E-state index in [0.29, 0.717) is 6.04 Å². The minimum Gasteiger partial charge on any atom is -0.327 e. The van der Waals surface area contributed by atoms with Crippen LogP contribution in [0.1, 0.15) is 30.0 Å². The summed E-state index contributed by atoms with van der Waals surface area (Å²) < 4.78 is 0. The van der Waals surface area contributed by atoms with E-state index in [4.69, 9.17) is 5.73 Å². The lowest BCUT2D eigenvalue weighted by atomic mass is 10.1. The van der Waals surface area contributed by atoms with E-state index in [2.05, 4.69) is 10.4 Å². The molecule has 13 heavy (non-hydrogen) atoms. The van der Waals surface area contributed by atoms with Crippen LogP contribution in [-0.4, -0.2) is 11.0 Å². The van der Waals surface area contributed by atoms with Crippen LogP contribution in [0.25, 0.3) is 0 Å². The summed E-state index contributed by atoms with van der Waals surface area (Å²) in [4.78, 5) is 4.43. The maximum atomic E-state index is 6.01. The average Bonchev–Trinajstić information content (AvgIpc) is 2.87. The molecule has 1 unspecified atom stereocenters. The van der Waals surface area contributed by atoms with E-state index in [1.54, 1.807) is 11.3 Å². The summed E-state index contributed by atoms with van der Waals surface area (Å²) in [6.07, 6.45) is 4.87. The number of rotatable bonds is 4. The van der Waals surface area contributed by atoms with Gasteiger partial charge in [0.1, 0.15) is 0 Å². The highest BCUT2D eigenvalue weighted by Gasteiger charge is 2.27. The highest BCUT2D eigenvalue weighted by molar-refractivity contribution is 7.09. The monoisotopic (exact) mass is 196 g/mol. The lowest BCUT2D eigenvalue weighted by Crippen LogP contribution is -2.22. The first kappa shape index (κ1) is 9.16. The van der Waals surface area contributed by atoms with Crippen molar-refractivity contribution < 1.29 is 0 Å². The molecule has 0 saturated heterocycles. The molecule has 0 amide bonds. The van der Waals surface area contributed by atoms with E-state index in [0.717, 1.165) is 24.5 Å². The Morgan fingerprint density at radius 2 is 2.46 bits per heavy atom. The Balaban J connectivity index is 1.78. The molecule has 2 nitrogen and oxygen atoms in total. The molecule has 0 bridgehead atoms. The quantitative estimate of drug-likeness (QED) is 0.801. The van der Waals surface area contributed by atoms with Crippen molar-refractivity contribution in [3.63, 3.8) is 0 Å². The van der Waals surface area contributed by atoms with Crippen molar-refractivity contribution in [1.82, 2.24) is 4.98 Å². The third-order valence-electron chi connectivity index (χ3n) is 2.59. The summed E-state index contributed by atoms with van der Waals surface area (Å²) in [6, 6.07) is 0.421. The standard InChI is InChI=1S/C10H16N2S/c1-7-6-13-10(12-7)5-4-9(11)8-2-3-8/h6,8-9H,2-5,11H2,1H3. The van der Waals surface area contributed by atoms with Crippen LogP contribution < -0.4 is 5.73 Å². The van der Waals surface area contributed by atoms with Gasteiger partial charge in [-0.25, -0.2) is 4.98 Å². The maximum Gasteiger partial charge on any atom is 0.0928 e. The van der Waals surface area contributed by atoms with Gasteiger partial charge in [-0.2, -0.15) is 0 Å². The van der Waals surface area contributed by atoms with Gasteiger partial charge in [0.2, 0.25) is 0 Å². The molecule has 2 N–H and O–H groups in total. The van der Waals surface area contributed by atoms with Gasteiger partial charge in [0.15, 0.2) is 0 Å². The fraction of sp³-hybridized carbons (Fsp3) is 0.700. The number of aromatic nitrogens is 1. The zero-order chi connectivity index (χ0) is 9.26. The summed E-state index contributed by atoms with van der Waals surface area (Å²) >= 11 is 1.76. The van der Waals surface area contributed by atoms with Crippen LogP contribution in [0, 0.1) is 12.8 Å². The molecular formula is C10H16N2S. The molecule has 1 aliphatic carbocycles. The van der Waals surface area contributed by atoms with Crippen LogP contribution in [-0.2, 0) is 6.42 Å². The Morgan fingerprint density at radius 1 is 1.69 bits per heavy atom. The topological polar surface area (TPSA) is 38.9 Å². The molecule has 0 aromatic carbocycles. The Morgan fingerprint density at radius 3 is 3.00 bits per heavy atom. The normalized spacial score (nSPS) is 18.9. The van der Waals surface area contributed by atoms with E-state index < -0.39 is 0 Å². The first-order valence-corrected chi connectivity index (χ1v) is 5.80. The van der Waals surface area contributed by atoms with Crippen molar-refractivity contribution in [2.24, 2.45) is 11.7 Å². The Bertz CT molecular complexity index is 278. The van der Waals surface area contributed by atoms with Crippen molar-refractivity contribution in [1.29, 1.82) is 0 Å². The number of aryl methyl sites for hydroxylation is 2. The van der Waals surface area contributed by atoms with E-state index in [9.17, 15) is 0 Å². The second-order valence-electron chi connectivity index (χ2n) is 3.92. The van der Waals surface area contributed by atoms with Crippen LogP contribution in [0.2, 0.25) is 0 Å². The van der Waals surface area contributed by atoms with Gasteiger partial charge in [0.05, 0.1) is 5.01 Å². The zero-order valence-corrected chi connectivity index (χ0v) is 8.81. The van der Waals surface area contributed by atoms with E-state index in [1.165, 1.54) is 17.8 Å². The van der Waals surface area contributed by atoms with Crippen molar-refractivity contribution in [2.45, 2.75) is 38.6 Å². The molecule has 1 aromatic heterocycles. The number of nitrogens with zero attached hydrogens (tertiary/aromatic N) is 1. The van der Waals surface area contributed by atoms with Gasteiger partial charge >= 0.3 is 0 Å². The van der Waals surface area contributed by atoms with Gasteiger partial charge in [-0.05, 0) is 32.1 Å². The molecule has 1 aliphatic rings. The van der Waals surface area contributed by atoms with Crippen molar-refractivity contribution in [3.8, 4) is 0 Å². The summed E-state index contributed by atoms with van der Waals surface area (Å²) in [5.41, 5.74) is 7.15. The van der Waals surface area contributed by atoms with E-state index in [-0.39, 0.29) is 0 Å². The van der Waals surface area contributed by atoms with Crippen molar-refractivity contribution in [3.05, 3.63) is 16.1 Å². The molecule has 1 aromatic rings. The smallest absolute Gasteiger partial charge is 0.0928 e. The number of hydrogen-bond acceptors (Lipinski definition) is 3. The first-order valence-electron chi connectivity index (χ1n) is 4.92. The minimum absolute atomic E-state index is 0.421. The molecule has 1 atom stereocenters. The van der Waals surface area contributed by atoms with Gasteiger partial charge in [-0.15, -0.1) is 11.3 Å². The van der Waals surface area contributed by atoms with E-state index in [1.807, 2.05) is 6.92 Å². The predicted octanol–water partition coefficient (Wildman–Crippen LogP) is 2.12. The molecule has 3 heteroatoms. The summed E-state index contributed by atoms with van der Waals surface area (Å²) in [7, 11) is 0. The zero-order valence-electron chi connectivity index (χ0n) is 7.99. The highest BCUT2D eigenvalue weighted by Crippen LogP contribution is 2.33. The highest BCUT2D eigenvalue weighted by atomic mass is 32.1. The van der Waals surface area contributed by atoms with Gasteiger partial charge in [0.25, 0.3) is 0 Å². The molecule has 0 radical (unpaired) electrons. The predicted molar refractivity (Wildman–Crippen MR) is 55.9 cm³/mol. The lowest BCUT2D eigenvalue weighted by Gasteiger charge is -2.07. The van der Waals surface area contributed by atoms with Gasteiger partial charge in [-0.3, -0.25) is 0 Å². The molecular weight excluding hydrogens is 180 g/mol. The third kappa shape index (κ3) is 2.51. The van der Waals surface area contributed by atoms with Crippen LogP contribution in [0.5, 0.6) is 0 Å². The summed E-state index contributed by atoms with van der Waals surface area (Å²) in [5, 5.41) is 3.35. The number of nitrogens with two attached hydrogens (primary N) is 1. The van der Waals surface area contributed by atoms with Crippen LogP contribution in [0.4, 0.5) is 0 Å². The van der Waals surface area contributed by atoms with E-state index >= 15 is 0 Å². The maximum absolute atomic E-state index is 6.01. The van der Waals surface area contributed by atoms with Gasteiger partial charge in [-0.1, -0.05) is 0 Å². The van der Waals surface area contributed by atoms with Crippen molar-refractivity contribution >= 4 is 11.3 Å². The fourth-order valence-corrected chi connectivity index (χ4v) is 2.36. The lowest BCUT2D eigenvalue weighted by molar-refractivity contribution is 0.549. The minimum atomic E-state index is 0.421. The van der Waals surface area contributed by atoms with Crippen LogP contribution in [0.3, 0.4) is 0 Å². The third-order valence-corrected chi connectivity index (χ3v) is 3.61. The van der Waals surface area contributed by atoms with Crippen LogP contribution >= 0.6 is 11.3 Å². The fourth-order valence-electron chi connectivity index (χ4n) is 1.57. The molecule has 0 aliphatic heterocycles. The Hall–Kier alpha value is -0.410. The molecule has 2 rings (SSSR count). The number of thiazole rings is 1. The second kappa shape index (κ2) is 3.76. The summed E-state index contributed by atoms with van der Waals surface area (Å²) in [5.74, 6) is 0.820. The molecule has 1 fully saturated rings. The SMILES string of the molecule is Cc1csc(CCC(N)C2CC2)n1. The summed E-state index contributed by atoms with van der Waals surface area (Å²) in [6.45, 7) is 2.04. The molecule has 1 heterocycles. The molecule has 72 valence electrons. The second-order valence-corrected chi connectivity index (χ2v) is 4.87. The van der Waals surface area contributed by atoms with Crippen molar-refractivity contribution in [2.75, 3.05) is 0 Å². The Kier molecular flexibility index (Phi) is 2.65. The van der Waals surface area contributed by atoms with Gasteiger partial charge in [0, 0.05) is 23.5 Å². The Labute approximate surface area is 83.2 Å². The average molecular weight is 196 g/mol. The molecule has 1 saturated carbocycles. The van der Waals surface area contributed by atoms with Crippen LogP contribution in [0.15, 0.2) is 5.38 Å². The largest absolute Gasteiger partial charge is 0.327 e. The van der Waals surface area contributed by atoms with Gasteiger partial charge < -0.3 is 5.73 Å². The molecule has 0 spiro atoms. The number of hydrogen-bond donors (Lipinski definition) is 1. The first-order chi connectivity index (χ1) is 6.25.